The molecule has 0 aromatic heterocycles. The maximum atomic E-state index is 12.6. The van der Waals surface area contributed by atoms with Gasteiger partial charge in [0, 0.05) is 6.04 Å². The second-order valence-corrected chi connectivity index (χ2v) is 7.31. The Kier molecular flexibility index (Phi) is 5.20. The van der Waals surface area contributed by atoms with E-state index in [2.05, 4.69) is 9.46 Å². The van der Waals surface area contributed by atoms with Gasteiger partial charge in [-0.2, -0.15) is 0 Å². The molecular formula is C15H22N2O4S. The number of ether oxygens (including phenoxy) is 1. The highest BCUT2D eigenvalue weighted by Gasteiger charge is 2.31. The maximum absolute atomic E-state index is 12.6. The lowest BCUT2D eigenvalue weighted by atomic mass is 10.1. The molecule has 2 atom stereocenters. The van der Waals surface area contributed by atoms with E-state index in [4.69, 9.17) is 5.73 Å². The van der Waals surface area contributed by atoms with Crippen molar-refractivity contribution in [3.63, 3.8) is 0 Å². The summed E-state index contributed by atoms with van der Waals surface area (Å²) >= 11 is 0. The van der Waals surface area contributed by atoms with Crippen molar-refractivity contribution < 1.29 is 17.9 Å². The Morgan fingerprint density at radius 1 is 1.41 bits per heavy atom. The molecule has 0 heterocycles. The van der Waals surface area contributed by atoms with Crippen LogP contribution in [0.5, 0.6) is 0 Å². The van der Waals surface area contributed by atoms with Crippen LogP contribution in [0.3, 0.4) is 0 Å². The predicted molar refractivity (Wildman–Crippen MR) is 83.0 cm³/mol. The molecule has 2 rings (SSSR count). The van der Waals surface area contributed by atoms with Crippen LogP contribution in [0, 0.1) is 12.8 Å². The van der Waals surface area contributed by atoms with Gasteiger partial charge in [-0.1, -0.05) is 6.42 Å². The highest BCUT2D eigenvalue weighted by molar-refractivity contribution is 7.89. The van der Waals surface area contributed by atoms with Gasteiger partial charge in [0.05, 0.1) is 17.6 Å². The first-order valence-corrected chi connectivity index (χ1v) is 8.78. The summed E-state index contributed by atoms with van der Waals surface area (Å²) in [5.74, 6) is -0.302. The van der Waals surface area contributed by atoms with Crippen LogP contribution < -0.4 is 10.5 Å². The molecule has 1 aliphatic carbocycles. The standard InChI is InChI=1S/C15H22N2O4S/c1-10-8-11(15(18)21-2)6-7-14(10)22(19,20)17-13-5-3-4-12(13)9-16/h6-8,12-13,17H,3-5,9,16H2,1-2H3. The van der Waals surface area contributed by atoms with E-state index in [-0.39, 0.29) is 16.9 Å². The normalized spacial score (nSPS) is 21.8. The van der Waals surface area contributed by atoms with Gasteiger partial charge in [-0.05, 0) is 56.0 Å². The Hall–Kier alpha value is -1.44. The van der Waals surface area contributed by atoms with Crippen LogP contribution in [0.15, 0.2) is 23.1 Å². The minimum atomic E-state index is -3.62. The van der Waals surface area contributed by atoms with Crippen molar-refractivity contribution in [3.05, 3.63) is 29.3 Å². The van der Waals surface area contributed by atoms with Crippen LogP contribution >= 0.6 is 0 Å². The van der Waals surface area contributed by atoms with Crippen molar-refractivity contribution in [2.45, 2.75) is 37.1 Å². The van der Waals surface area contributed by atoms with Crippen LogP contribution in [0.25, 0.3) is 0 Å². The molecule has 3 N–H and O–H groups in total. The Morgan fingerprint density at radius 2 is 2.14 bits per heavy atom. The minimum absolute atomic E-state index is 0.116. The summed E-state index contributed by atoms with van der Waals surface area (Å²) < 4.78 is 32.5. The van der Waals surface area contributed by atoms with Crippen molar-refractivity contribution in [2.24, 2.45) is 11.7 Å². The maximum Gasteiger partial charge on any atom is 0.337 e. The van der Waals surface area contributed by atoms with E-state index in [0.717, 1.165) is 19.3 Å². The van der Waals surface area contributed by atoms with E-state index in [0.29, 0.717) is 17.7 Å². The van der Waals surface area contributed by atoms with Crippen molar-refractivity contribution in [1.82, 2.24) is 4.72 Å². The number of sulfonamides is 1. The van der Waals surface area contributed by atoms with Crippen molar-refractivity contribution >= 4 is 16.0 Å². The molecule has 122 valence electrons. The molecule has 0 amide bonds. The fraction of sp³-hybridized carbons (Fsp3) is 0.533. The third kappa shape index (κ3) is 3.48. The van der Waals surface area contributed by atoms with Gasteiger partial charge in [0.15, 0.2) is 0 Å². The molecule has 1 aromatic rings. The molecule has 1 aliphatic rings. The zero-order valence-electron chi connectivity index (χ0n) is 12.8. The second-order valence-electron chi connectivity index (χ2n) is 5.63. The Balaban J connectivity index is 2.24. The number of nitrogens with two attached hydrogens (primary N) is 1. The molecule has 2 unspecified atom stereocenters. The largest absolute Gasteiger partial charge is 0.465 e. The van der Waals surface area contributed by atoms with Gasteiger partial charge >= 0.3 is 5.97 Å². The molecule has 0 bridgehead atoms. The lowest BCUT2D eigenvalue weighted by Crippen LogP contribution is -2.40. The number of aryl methyl sites for hydroxylation is 1. The molecule has 6 nitrogen and oxygen atoms in total. The first-order chi connectivity index (χ1) is 10.4. The van der Waals surface area contributed by atoms with Crippen LogP contribution in [-0.2, 0) is 14.8 Å². The second kappa shape index (κ2) is 6.76. The monoisotopic (exact) mass is 326 g/mol. The highest BCUT2D eigenvalue weighted by Crippen LogP contribution is 2.27. The third-order valence-corrected chi connectivity index (χ3v) is 5.80. The summed E-state index contributed by atoms with van der Waals surface area (Å²) in [5.41, 5.74) is 6.54. The fourth-order valence-electron chi connectivity index (χ4n) is 2.93. The number of rotatable bonds is 5. The number of carbonyl (C=O) groups is 1. The molecule has 1 fully saturated rings. The average Bonchev–Trinajstić information content (AvgIpc) is 2.92. The molecular weight excluding hydrogens is 304 g/mol. The van der Waals surface area contributed by atoms with Crippen LogP contribution in [0.1, 0.15) is 35.2 Å². The van der Waals surface area contributed by atoms with Crippen molar-refractivity contribution in [3.8, 4) is 0 Å². The fourth-order valence-corrected chi connectivity index (χ4v) is 4.50. The van der Waals surface area contributed by atoms with Crippen LogP contribution in [-0.4, -0.2) is 34.1 Å². The molecule has 0 saturated heterocycles. The summed E-state index contributed by atoms with van der Waals surface area (Å²) in [7, 11) is -2.34. The number of esters is 1. The molecule has 7 heteroatoms. The summed E-state index contributed by atoms with van der Waals surface area (Å²) in [5, 5.41) is 0. The topological polar surface area (TPSA) is 98.5 Å². The first-order valence-electron chi connectivity index (χ1n) is 7.30. The lowest BCUT2D eigenvalue weighted by Gasteiger charge is -2.20. The molecule has 22 heavy (non-hydrogen) atoms. The Bertz CT molecular complexity index is 658. The summed E-state index contributed by atoms with van der Waals surface area (Å²) in [6, 6.07) is 4.31. The average molecular weight is 326 g/mol. The van der Waals surface area contributed by atoms with Crippen molar-refractivity contribution in [2.75, 3.05) is 13.7 Å². The van der Waals surface area contributed by atoms with Gasteiger partial charge in [-0.3, -0.25) is 0 Å². The van der Waals surface area contributed by atoms with Gasteiger partial charge < -0.3 is 10.5 Å². The van der Waals surface area contributed by atoms with Gasteiger partial charge in [0.2, 0.25) is 10.0 Å². The smallest absolute Gasteiger partial charge is 0.337 e. The van der Waals surface area contributed by atoms with E-state index in [1.165, 1.54) is 25.3 Å². The quantitative estimate of drug-likeness (QED) is 0.792. The third-order valence-electron chi connectivity index (χ3n) is 4.15. The Morgan fingerprint density at radius 3 is 2.73 bits per heavy atom. The van der Waals surface area contributed by atoms with E-state index in [1.54, 1.807) is 6.92 Å². The van der Waals surface area contributed by atoms with E-state index in [1.807, 2.05) is 0 Å². The van der Waals surface area contributed by atoms with Crippen LogP contribution in [0.2, 0.25) is 0 Å². The van der Waals surface area contributed by atoms with E-state index >= 15 is 0 Å². The first kappa shape index (κ1) is 16.9. The molecule has 1 aromatic carbocycles. The number of methoxy groups -OCH3 is 1. The van der Waals surface area contributed by atoms with Gasteiger partial charge in [0.25, 0.3) is 0 Å². The predicted octanol–water partition coefficient (Wildman–Crippen LogP) is 1.19. The van der Waals surface area contributed by atoms with Gasteiger partial charge in [-0.15, -0.1) is 0 Å². The summed E-state index contributed by atoms with van der Waals surface area (Å²) in [6.45, 7) is 2.14. The molecule has 0 spiro atoms. The summed E-state index contributed by atoms with van der Waals surface area (Å²) in [6.07, 6.45) is 2.74. The van der Waals surface area contributed by atoms with E-state index in [9.17, 15) is 13.2 Å². The summed E-state index contributed by atoms with van der Waals surface area (Å²) in [4.78, 5) is 11.7. The zero-order chi connectivity index (χ0) is 16.3. The number of carbonyl (C=O) groups excluding carboxylic acids is 1. The minimum Gasteiger partial charge on any atom is -0.465 e. The van der Waals surface area contributed by atoms with Gasteiger partial charge in [-0.25, -0.2) is 17.9 Å². The molecule has 0 radical (unpaired) electrons. The number of hydrogen-bond donors (Lipinski definition) is 2. The zero-order valence-corrected chi connectivity index (χ0v) is 13.7. The lowest BCUT2D eigenvalue weighted by molar-refractivity contribution is 0.0600. The number of benzene rings is 1. The van der Waals surface area contributed by atoms with Crippen molar-refractivity contribution in [1.29, 1.82) is 0 Å². The Labute approximate surface area is 131 Å². The molecule has 0 aliphatic heterocycles. The van der Waals surface area contributed by atoms with E-state index < -0.39 is 16.0 Å². The number of hydrogen-bond acceptors (Lipinski definition) is 5. The molecule has 1 saturated carbocycles. The number of nitrogens with one attached hydrogen (secondary N) is 1. The van der Waals surface area contributed by atoms with Gasteiger partial charge in [0.1, 0.15) is 0 Å². The SMILES string of the molecule is COC(=O)c1ccc(S(=O)(=O)NC2CCCC2CN)c(C)c1. The highest BCUT2D eigenvalue weighted by atomic mass is 32.2. The van der Waals surface area contributed by atoms with Crippen LogP contribution in [0.4, 0.5) is 0 Å².